The molecule has 1 aromatic carbocycles. The number of methoxy groups -OCH3 is 1. The van der Waals surface area contributed by atoms with Gasteiger partial charge in [-0.05, 0) is 30.9 Å². The average Bonchev–Trinajstić information content (AvgIpc) is 2.99. The van der Waals surface area contributed by atoms with Gasteiger partial charge in [-0.25, -0.2) is 9.37 Å². The number of thiazole rings is 1. The van der Waals surface area contributed by atoms with Gasteiger partial charge >= 0.3 is 0 Å². The minimum absolute atomic E-state index is 0.0354. The number of nitriles is 1. The second-order valence-corrected chi connectivity index (χ2v) is 6.75. The molecule has 1 aromatic heterocycles. The van der Waals surface area contributed by atoms with Crippen molar-refractivity contribution < 1.29 is 9.13 Å². The van der Waals surface area contributed by atoms with E-state index in [0.29, 0.717) is 16.3 Å². The Hall–Kier alpha value is -2.13. The molecule has 1 saturated heterocycles. The van der Waals surface area contributed by atoms with E-state index in [1.165, 1.54) is 23.5 Å². The summed E-state index contributed by atoms with van der Waals surface area (Å²) >= 11 is 1.48. The van der Waals surface area contributed by atoms with E-state index in [2.05, 4.69) is 16.8 Å². The largest absolute Gasteiger partial charge is 0.486 e. The van der Waals surface area contributed by atoms with Gasteiger partial charge in [0, 0.05) is 18.7 Å². The molecule has 1 aliphatic rings. The molecule has 1 aliphatic heterocycles. The van der Waals surface area contributed by atoms with Gasteiger partial charge < -0.3 is 9.64 Å². The molecule has 0 spiro atoms. The lowest BCUT2D eigenvalue weighted by atomic mass is 10.00. The summed E-state index contributed by atoms with van der Waals surface area (Å²) in [4.78, 5) is 6.93. The van der Waals surface area contributed by atoms with Gasteiger partial charge in [-0.3, -0.25) is 0 Å². The minimum Gasteiger partial charge on any atom is -0.486 e. The van der Waals surface area contributed by atoms with Crippen LogP contribution in [0.3, 0.4) is 0 Å². The topological polar surface area (TPSA) is 49.1 Å². The molecule has 3 rings (SSSR count). The molecule has 0 radical (unpaired) electrons. The van der Waals surface area contributed by atoms with E-state index in [-0.39, 0.29) is 5.56 Å². The molecule has 0 amide bonds. The van der Waals surface area contributed by atoms with Crippen LogP contribution in [0.25, 0.3) is 11.3 Å². The third kappa shape index (κ3) is 3.15. The molecule has 23 heavy (non-hydrogen) atoms. The lowest BCUT2D eigenvalue weighted by Crippen LogP contribution is -2.32. The van der Waals surface area contributed by atoms with Crippen LogP contribution >= 0.6 is 11.3 Å². The number of anilines is 1. The molecule has 0 unspecified atom stereocenters. The molecule has 120 valence electrons. The summed E-state index contributed by atoms with van der Waals surface area (Å²) in [6.45, 7) is 4.24. The maximum Gasteiger partial charge on any atom is 0.203 e. The van der Waals surface area contributed by atoms with Crippen molar-refractivity contribution in [2.45, 2.75) is 19.8 Å². The normalized spacial score (nSPS) is 15.5. The standard InChI is InChI=1S/C17H18FN3OS/c1-11-5-7-21(8-6-11)17-20-15(16(22-2)23-17)12-3-4-13(10-19)14(18)9-12/h3-4,9,11H,5-8H2,1-2H3. The molecule has 1 fully saturated rings. The fourth-order valence-corrected chi connectivity index (χ4v) is 3.66. The summed E-state index contributed by atoms with van der Waals surface area (Å²) in [5.74, 6) is 0.216. The SMILES string of the molecule is COc1sc(N2CCC(C)CC2)nc1-c1ccc(C#N)c(F)c1. The monoisotopic (exact) mass is 331 g/mol. The van der Waals surface area contributed by atoms with Gasteiger partial charge in [0.2, 0.25) is 5.06 Å². The maximum absolute atomic E-state index is 13.9. The second kappa shape index (κ2) is 6.55. The third-order valence-electron chi connectivity index (χ3n) is 4.19. The molecular formula is C17H18FN3OS. The maximum atomic E-state index is 13.9. The fraction of sp³-hybridized carbons (Fsp3) is 0.412. The van der Waals surface area contributed by atoms with Crippen LogP contribution in [0.1, 0.15) is 25.3 Å². The number of piperidine rings is 1. The minimum atomic E-state index is -0.534. The lowest BCUT2D eigenvalue weighted by Gasteiger charge is -2.29. The number of halogens is 1. The van der Waals surface area contributed by atoms with Crippen LogP contribution in [-0.4, -0.2) is 25.2 Å². The van der Waals surface area contributed by atoms with Crippen molar-refractivity contribution in [2.24, 2.45) is 5.92 Å². The summed E-state index contributed by atoms with van der Waals surface area (Å²) in [7, 11) is 1.60. The first-order valence-corrected chi connectivity index (χ1v) is 8.43. The van der Waals surface area contributed by atoms with Gasteiger partial charge in [-0.2, -0.15) is 5.26 Å². The molecule has 0 atom stereocenters. The first-order chi connectivity index (χ1) is 11.1. The Morgan fingerprint density at radius 3 is 2.74 bits per heavy atom. The Morgan fingerprint density at radius 2 is 2.13 bits per heavy atom. The van der Waals surface area contributed by atoms with E-state index in [1.807, 2.05) is 6.07 Å². The number of aromatic nitrogens is 1. The lowest BCUT2D eigenvalue weighted by molar-refractivity contribution is 0.427. The Morgan fingerprint density at radius 1 is 1.39 bits per heavy atom. The van der Waals surface area contributed by atoms with Gasteiger partial charge in [0.05, 0.1) is 12.7 Å². The molecule has 2 heterocycles. The molecule has 6 heteroatoms. The van der Waals surface area contributed by atoms with E-state index in [0.717, 1.165) is 37.0 Å². The summed E-state index contributed by atoms with van der Waals surface area (Å²) in [5.41, 5.74) is 1.30. The van der Waals surface area contributed by atoms with Crippen molar-refractivity contribution in [2.75, 3.05) is 25.1 Å². The van der Waals surface area contributed by atoms with E-state index in [9.17, 15) is 4.39 Å². The van der Waals surface area contributed by atoms with E-state index >= 15 is 0 Å². The van der Waals surface area contributed by atoms with E-state index in [1.54, 1.807) is 13.2 Å². The molecule has 0 aliphatic carbocycles. The number of nitrogens with zero attached hydrogens (tertiary/aromatic N) is 3. The highest BCUT2D eigenvalue weighted by atomic mass is 32.1. The summed E-state index contributed by atoms with van der Waals surface area (Å²) < 4.78 is 19.3. The summed E-state index contributed by atoms with van der Waals surface area (Å²) in [6.07, 6.45) is 2.31. The van der Waals surface area contributed by atoms with Crippen molar-refractivity contribution >= 4 is 16.5 Å². The predicted molar refractivity (Wildman–Crippen MR) is 89.4 cm³/mol. The van der Waals surface area contributed by atoms with E-state index < -0.39 is 5.82 Å². The van der Waals surface area contributed by atoms with Crippen LogP contribution in [-0.2, 0) is 0 Å². The Labute approximate surface area is 139 Å². The van der Waals surface area contributed by atoms with E-state index in [4.69, 9.17) is 10.00 Å². The summed E-state index contributed by atoms with van der Waals surface area (Å²) in [6, 6.07) is 6.36. The zero-order valence-corrected chi connectivity index (χ0v) is 14.0. The predicted octanol–water partition coefficient (Wildman–Crippen LogP) is 4.07. The smallest absolute Gasteiger partial charge is 0.203 e. The molecular weight excluding hydrogens is 313 g/mol. The van der Waals surface area contributed by atoms with Crippen LogP contribution < -0.4 is 9.64 Å². The summed E-state index contributed by atoms with van der Waals surface area (Å²) in [5, 5.41) is 10.4. The van der Waals surface area contributed by atoms with Crippen molar-refractivity contribution in [1.29, 1.82) is 5.26 Å². The van der Waals surface area contributed by atoms with Gasteiger partial charge in [-0.15, -0.1) is 0 Å². The molecule has 0 N–H and O–H groups in total. The second-order valence-electron chi connectivity index (χ2n) is 5.81. The highest BCUT2D eigenvalue weighted by molar-refractivity contribution is 7.17. The highest BCUT2D eigenvalue weighted by Gasteiger charge is 2.22. The average molecular weight is 331 g/mol. The van der Waals surface area contributed by atoms with Crippen molar-refractivity contribution in [1.82, 2.24) is 4.98 Å². The molecule has 2 aromatic rings. The van der Waals surface area contributed by atoms with Crippen LogP contribution in [0.4, 0.5) is 9.52 Å². The third-order valence-corrected chi connectivity index (χ3v) is 5.26. The van der Waals surface area contributed by atoms with Gasteiger partial charge in [0.25, 0.3) is 0 Å². The van der Waals surface area contributed by atoms with Gasteiger partial charge in [-0.1, -0.05) is 24.3 Å². The molecule has 0 bridgehead atoms. The Balaban J connectivity index is 1.93. The van der Waals surface area contributed by atoms with Crippen LogP contribution in [0.2, 0.25) is 0 Å². The van der Waals surface area contributed by atoms with Gasteiger partial charge in [0.15, 0.2) is 5.13 Å². The number of benzene rings is 1. The van der Waals surface area contributed by atoms with Gasteiger partial charge in [0.1, 0.15) is 17.6 Å². The Kier molecular flexibility index (Phi) is 4.49. The number of ether oxygens (including phenoxy) is 1. The first-order valence-electron chi connectivity index (χ1n) is 7.62. The Bertz CT molecular complexity index is 745. The highest BCUT2D eigenvalue weighted by Crippen LogP contribution is 2.40. The number of hydrogen-bond acceptors (Lipinski definition) is 5. The zero-order valence-electron chi connectivity index (χ0n) is 13.2. The van der Waals surface area contributed by atoms with Crippen molar-refractivity contribution in [3.8, 4) is 22.4 Å². The number of hydrogen-bond donors (Lipinski definition) is 0. The zero-order chi connectivity index (χ0) is 16.4. The van der Waals surface area contributed by atoms with Crippen LogP contribution in [0.5, 0.6) is 5.06 Å². The fourth-order valence-electron chi connectivity index (χ4n) is 2.70. The van der Waals surface area contributed by atoms with Crippen LogP contribution in [0, 0.1) is 23.1 Å². The van der Waals surface area contributed by atoms with Crippen LogP contribution in [0.15, 0.2) is 18.2 Å². The molecule has 4 nitrogen and oxygen atoms in total. The van der Waals surface area contributed by atoms with Crippen molar-refractivity contribution in [3.63, 3.8) is 0 Å². The quantitative estimate of drug-likeness (QED) is 0.851. The molecule has 0 saturated carbocycles. The first kappa shape index (κ1) is 15.8. The van der Waals surface area contributed by atoms with Crippen molar-refractivity contribution in [3.05, 3.63) is 29.6 Å². The number of rotatable bonds is 3.